The third-order valence-electron chi connectivity index (χ3n) is 2.38. The molecular formula is C11H11N3O2. The number of aromatic nitrogens is 2. The molecule has 0 aliphatic rings. The van der Waals surface area contributed by atoms with E-state index in [0.717, 1.165) is 4.57 Å². The van der Waals surface area contributed by atoms with E-state index in [-0.39, 0.29) is 0 Å². The van der Waals surface area contributed by atoms with Gasteiger partial charge in [0, 0.05) is 6.42 Å². The SMILES string of the molecule is CCc1nc2ccccc2c(=O)n1C(N)=O. The molecule has 0 saturated carbocycles. The molecule has 0 bridgehead atoms. The summed E-state index contributed by atoms with van der Waals surface area (Å²) in [4.78, 5) is 27.4. The van der Waals surface area contributed by atoms with Crippen molar-refractivity contribution < 1.29 is 4.79 Å². The van der Waals surface area contributed by atoms with Crippen LogP contribution in [0.4, 0.5) is 4.79 Å². The first-order valence-corrected chi connectivity index (χ1v) is 4.95. The number of nitrogens with two attached hydrogens (primary N) is 1. The van der Waals surface area contributed by atoms with Gasteiger partial charge in [-0.2, -0.15) is 0 Å². The summed E-state index contributed by atoms with van der Waals surface area (Å²) >= 11 is 0. The Morgan fingerprint density at radius 1 is 1.44 bits per heavy atom. The average Bonchev–Trinajstić information content (AvgIpc) is 2.28. The molecule has 0 fully saturated rings. The normalized spacial score (nSPS) is 10.6. The second-order valence-electron chi connectivity index (χ2n) is 3.38. The number of para-hydroxylation sites is 1. The first kappa shape index (κ1) is 10.4. The first-order chi connectivity index (χ1) is 7.65. The Bertz CT molecular complexity index is 616. The Labute approximate surface area is 91.5 Å². The van der Waals surface area contributed by atoms with Crippen LogP contribution in [0.25, 0.3) is 10.9 Å². The fraction of sp³-hybridized carbons (Fsp3) is 0.182. The number of benzene rings is 1. The lowest BCUT2D eigenvalue weighted by molar-refractivity contribution is 0.249. The lowest BCUT2D eigenvalue weighted by Crippen LogP contribution is -2.35. The molecule has 2 aromatic rings. The number of rotatable bonds is 1. The Balaban J connectivity index is 2.94. The van der Waals surface area contributed by atoms with E-state index in [4.69, 9.17) is 5.73 Å². The monoisotopic (exact) mass is 217 g/mol. The fourth-order valence-corrected chi connectivity index (χ4v) is 1.64. The summed E-state index contributed by atoms with van der Waals surface area (Å²) in [5.74, 6) is 0.385. The predicted octanol–water partition coefficient (Wildman–Crippen LogP) is 0.886. The van der Waals surface area contributed by atoms with Gasteiger partial charge in [-0.3, -0.25) is 4.79 Å². The topological polar surface area (TPSA) is 78.0 Å². The van der Waals surface area contributed by atoms with Crippen molar-refractivity contribution in [3.05, 3.63) is 40.4 Å². The summed E-state index contributed by atoms with van der Waals surface area (Å²) in [6, 6.07) is 6.09. The van der Waals surface area contributed by atoms with Crippen LogP contribution in [0.3, 0.4) is 0 Å². The van der Waals surface area contributed by atoms with Gasteiger partial charge in [0.2, 0.25) is 0 Å². The number of carbonyl (C=O) groups is 1. The van der Waals surface area contributed by atoms with Crippen molar-refractivity contribution >= 4 is 16.9 Å². The highest BCUT2D eigenvalue weighted by Gasteiger charge is 2.12. The molecule has 0 unspecified atom stereocenters. The zero-order valence-electron chi connectivity index (χ0n) is 8.80. The molecular weight excluding hydrogens is 206 g/mol. The highest BCUT2D eigenvalue weighted by Crippen LogP contribution is 2.07. The first-order valence-electron chi connectivity index (χ1n) is 4.95. The number of carbonyl (C=O) groups excluding carboxylic acids is 1. The van der Waals surface area contributed by atoms with Crippen LogP contribution < -0.4 is 11.3 Å². The van der Waals surface area contributed by atoms with Crippen LogP contribution in [-0.2, 0) is 6.42 Å². The van der Waals surface area contributed by atoms with E-state index in [1.54, 1.807) is 24.3 Å². The van der Waals surface area contributed by atoms with Gasteiger partial charge in [-0.1, -0.05) is 19.1 Å². The number of nitrogens with zero attached hydrogens (tertiary/aromatic N) is 2. The van der Waals surface area contributed by atoms with Gasteiger partial charge in [0.15, 0.2) is 0 Å². The van der Waals surface area contributed by atoms with Crippen molar-refractivity contribution in [3.8, 4) is 0 Å². The lowest BCUT2D eigenvalue weighted by Gasteiger charge is -2.07. The highest BCUT2D eigenvalue weighted by atomic mass is 16.2. The molecule has 2 N–H and O–H groups in total. The maximum atomic E-state index is 12.0. The smallest absolute Gasteiger partial charge is 0.327 e. The van der Waals surface area contributed by atoms with Crippen LogP contribution in [0.5, 0.6) is 0 Å². The van der Waals surface area contributed by atoms with Crippen LogP contribution in [0.15, 0.2) is 29.1 Å². The summed E-state index contributed by atoms with van der Waals surface area (Å²) in [5, 5.41) is 0.401. The number of fused-ring (bicyclic) bond motifs is 1. The zero-order valence-corrected chi connectivity index (χ0v) is 8.80. The minimum atomic E-state index is -0.792. The van der Waals surface area contributed by atoms with Crippen LogP contribution in [-0.4, -0.2) is 15.6 Å². The third kappa shape index (κ3) is 1.46. The summed E-state index contributed by atoms with van der Waals surface area (Å²) in [6.07, 6.45) is 0.475. The van der Waals surface area contributed by atoms with Gasteiger partial charge >= 0.3 is 6.03 Å². The number of amides is 1. The summed E-state index contributed by atoms with van der Waals surface area (Å²) in [6.45, 7) is 1.82. The average molecular weight is 217 g/mol. The van der Waals surface area contributed by atoms with E-state index < -0.39 is 11.6 Å². The number of hydrogen-bond donors (Lipinski definition) is 1. The lowest BCUT2D eigenvalue weighted by atomic mass is 10.2. The largest absolute Gasteiger partial charge is 0.351 e. The van der Waals surface area contributed by atoms with Gasteiger partial charge in [0.05, 0.1) is 10.9 Å². The van der Waals surface area contributed by atoms with Gasteiger partial charge in [-0.15, -0.1) is 0 Å². The molecule has 1 aromatic heterocycles. The van der Waals surface area contributed by atoms with Gasteiger partial charge in [0.25, 0.3) is 5.56 Å². The fourth-order valence-electron chi connectivity index (χ4n) is 1.64. The van der Waals surface area contributed by atoms with E-state index in [2.05, 4.69) is 4.98 Å². The molecule has 0 saturated heterocycles. The molecule has 5 heteroatoms. The van der Waals surface area contributed by atoms with E-state index in [1.165, 1.54) is 0 Å². The van der Waals surface area contributed by atoms with Crippen molar-refractivity contribution in [2.75, 3.05) is 0 Å². The van der Waals surface area contributed by atoms with E-state index in [1.807, 2.05) is 6.92 Å². The third-order valence-corrected chi connectivity index (χ3v) is 2.38. The van der Waals surface area contributed by atoms with Crippen LogP contribution in [0, 0.1) is 0 Å². The second kappa shape index (κ2) is 3.77. The van der Waals surface area contributed by atoms with Gasteiger partial charge < -0.3 is 5.73 Å². The van der Waals surface area contributed by atoms with Crippen molar-refractivity contribution in [2.24, 2.45) is 5.73 Å². The second-order valence-corrected chi connectivity index (χ2v) is 3.38. The molecule has 1 amide bonds. The molecule has 0 spiro atoms. The number of primary amides is 1. The van der Waals surface area contributed by atoms with Crippen molar-refractivity contribution in [2.45, 2.75) is 13.3 Å². The number of aryl methyl sites for hydroxylation is 1. The molecule has 82 valence electrons. The minimum absolute atomic E-state index is 0.385. The standard InChI is InChI=1S/C11H11N3O2/c1-2-9-13-8-6-4-3-5-7(8)10(15)14(9)11(12)16/h3-6H,2H2,1H3,(H2,12,16). The number of hydrogen-bond acceptors (Lipinski definition) is 3. The zero-order chi connectivity index (χ0) is 11.7. The molecule has 1 heterocycles. The maximum Gasteiger partial charge on any atom is 0.327 e. The molecule has 5 nitrogen and oxygen atoms in total. The summed E-state index contributed by atoms with van der Waals surface area (Å²) in [5.41, 5.74) is 5.34. The molecule has 0 aliphatic carbocycles. The van der Waals surface area contributed by atoms with Gasteiger partial charge in [-0.25, -0.2) is 14.3 Å². The molecule has 0 radical (unpaired) electrons. The predicted molar refractivity (Wildman–Crippen MR) is 60.4 cm³/mol. The molecule has 0 atom stereocenters. The van der Waals surface area contributed by atoms with Gasteiger partial charge in [-0.05, 0) is 12.1 Å². The summed E-state index contributed by atoms with van der Waals surface area (Å²) in [7, 11) is 0. The molecule has 2 rings (SSSR count). The van der Waals surface area contributed by atoms with Crippen molar-refractivity contribution in [1.82, 2.24) is 9.55 Å². The van der Waals surface area contributed by atoms with E-state index in [9.17, 15) is 9.59 Å². The van der Waals surface area contributed by atoms with Crippen molar-refractivity contribution in [3.63, 3.8) is 0 Å². The minimum Gasteiger partial charge on any atom is -0.351 e. The molecule has 16 heavy (non-hydrogen) atoms. The summed E-state index contributed by atoms with van der Waals surface area (Å²) < 4.78 is 0.919. The Hall–Kier alpha value is -2.17. The maximum absolute atomic E-state index is 12.0. The van der Waals surface area contributed by atoms with Crippen LogP contribution in [0.1, 0.15) is 12.7 Å². The van der Waals surface area contributed by atoms with Gasteiger partial charge in [0.1, 0.15) is 5.82 Å². The molecule has 1 aromatic carbocycles. The van der Waals surface area contributed by atoms with E-state index >= 15 is 0 Å². The van der Waals surface area contributed by atoms with Crippen LogP contribution in [0.2, 0.25) is 0 Å². The Morgan fingerprint density at radius 3 is 2.75 bits per heavy atom. The van der Waals surface area contributed by atoms with Crippen molar-refractivity contribution in [1.29, 1.82) is 0 Å². The van der Waals surface area contributed by atoms with Crippen LogP contribution >= 0.6 is 0 Å². The Kier molecular flexibility index (Phi) is 2.44. The quantitative estimate of drug-likeness (QED) is 0.770. The molecule has 0 aliphatic heterocycles. The Morgan fingerprint density at radius 2 is 2.12 bits per heavy atom. The van der Waals surface area contributed by atoms with E-state index in [0.29, 0.717) is 23.1 Å². The highest BCUT2D eigenvalue weighted by molar-refractivity contribution is 5.82.